The lowest BCUT2D eigenvalue weighted by Crippen LogP contribution is -2.17. The third-order valence-corrected chi connectivity index (χ3v) is 4.07. The second kappa shape index (κ2) is 5.39. The quantitative estimate of drug-likeness (QED) is 0.876. The first-order chi connectivity index (χ1) is 8.27. The highest BCUT2D eigenvalue weighted by Crippen LogP contribution is 2.24. The Morgan fingerprint density at radius 1 is 1.39 bits per heavy atom. The Morgan fingerprint density at radius 3 is 2.44 bits per heavy atom. The molecular formula is C12H17NO4S. The molecule has 0 aromatic heterocycles. The van der Waals surface area contributed by atoms with E-state index in [4.69, 9.17) is 10.5 Å². The average molecular weight is 271 g/mol. The first-order valence-corrected chi connectivity index (χ1v) is 7.26. The molecule has 0 heterocycles. The predicted molar refractivity (Wildman–Crippen MR) is 68.5 cm³/mol. The molecule has 5 nitrogen and oxygen atoms in total. The van der Waals surface area contributed by atoms with Gasteiger partial charge in [0.1, 0.15) is 5.75 Å². The normalized spacial score (nSPS) is 11.6. The maximum atomic E-state index is 11.9. The number of rotatable bonds is 5. The molecule has 0 unspecified atom stereocenters. The Balaban J connectivity index is 3.38. The maximum absolute atomic E-state index is 11.9. The van der Waals surface area contributed by atoms with Gasteiger partial charge in [0.15, 0.2) is 9.84 Å². The second-order valence-corrected chi connectivity index (χ2v) is 6.34. The molecule has 6 heteroatoms. The number of amides is 1. The summed E-state index contributed by atoms with van der Waals surface area (Å²) >= 11 is 0. The van der Waals surface area contributed by atoms with Crippen molar-refractivity contribution in [2.75, 3.05) is 5.75 Å². The van der Waals surface area contributed by atoms with Crippen LogP contribution in [-0.4, -0.2) is 26.2 Å². The van der Waals surface area contributed by atoms with Crippen molar-refractivity contribution in [3.8, 4) is 5.75 Å². The van der Waals surface area contributed by atoms with Crippen LogP contribution in [0, 0.1) is 0 Å². The Hall–Kier alpha value is -1.56. The molecule has 0 fully saturated rings. The number of benzene rings is 1. The van der Waals surface area contributed by atoms with Gasteiger partial charge in [-0.2, -0.15) is 0 Å². The molecule has 0 bridgehead atoms. The average Bonchev–Trinajstić information content (AvgIpc) is 2.27. The summed E-state index contributed by atoms with van der Waals surface area (Å²) in [6, 6.07) is 4.26. The van der Waals surface area contributed by atoms with Crippen LogP contribution in [0.15, 0.2) is 23.1 Å². The van der Waals surface area contributed by atoms with Crippen LogP contribution >= 0.6 is 0 Å². The van der Waals surface area contributed by atoms with Gasteiger partial charge >= 0.3 is 0 Å². The van der Waals surface area contributed by atoms with Crippen molar-refractivity contribution in [3.63, 3.8) is 0 Å². The summed E-state index contributed by atoms with van der Waals surface area (Å²) in [4.78, 5) is 11.2. The summed E-state index contributed by atoms with van der Waals surface area (Å²) in [5.41, 5.74) is 5.17. The lowest BCUT2D eigenvalue weighted by Gasteiger charge is -2.13. The zero-order chi connectivity index (χ0) is 13.9. The molecule has 1 rings (SSSR count). The third-order valence-electron chi connectivity index (χ3n) is 2.31. The predicted octanol–water partition coefficient (Wildman–Crippen LogP) is 1.37. The van der Waals surface area contributed by atoms with Crippen molar-refractivity contribution in [2.45, 2.75) is 31.8 Å². The van der Waals surface area contributed by atoms with E-state index in [0.29, 0.717) is 5.75 Å². The van der Waals surface area contributed by atoms with E-state index in [0.717, 1.165) is 0 Å². The van der Waals surface area contributed by atoms with Crippen LogP contribution in [0.5, 0.6) is 5.75 Å². The van der Waals surface area contributed by atoms with E-state index in [1.807, 2.05) is 13.8 Å². The largest absolute Gasteiger partial charge is 0.491 e. The number of hydrogen-bond donors (Lipinski definition) is 1. The Kier molecular flexibility index (Phi) is 4.34. The molecule has 18 heavy (non-hydrogen) atoms. The highest BCUT2D eigenvalue weighted by atomic mass is 32.2. The summed E-state index contributed by atoms with van der Waals surface area (Å²) < 4.78 is 29.2. The van der Waals surface area contributed by atoms with Crippen LogP contribution in [0.3, 0.4) is 0 Å². The molecule has 0 aliphatic heterocycles. The minimum atomic E-state index is -3.51. The van der Waals surface area contributed by atoms with Crippen LogP contribution in [-0.2, 0) is 9.84 Å². The van der Waals surface area contributed by atoms with E-state index in [2.05, 4.69) is 0 Å². The fraction of sp³-hybridized carbons (Fsp3) is 0.417. The van der Waals surface area contributed by atoms with E-state index in [1.165, 1.54) is 25.1 Å². The van der Waals surface area contributed by atoms with Crippen LogP contribution in [0.1, 0.15) is 31.1 Å². The van der Waals surface area contributed by atoms with Crippen LogP contribution in [0.2, 0.25) is 0 Å². The van der Waals surface area contributed by atoms with Crippen molar-refractivity contribution in [1.29, 1.82) is 0 Å². The number of nitrogens with two attached hydrogens (primary N) is 1. The zero-order valence-electron chi connectivity index (χ0n) is 10.6. The van der Waals surface area contributed by atoms with E-state index < -0.39 is 15.7 Å². The molecule has 1 aromatic rings. The van der Waals surface area contributed by atoms with Gasteiger partial charge in [0.2, 0.25) is 5.91 Å². The molecule has 100 valence electrons. The van der Waals surface area contributed by atoms with Crippen LogP contribution in [0.4, 0.5) is 0 Å². The van der Waals surface area contributed by atoms with Crippen molar-refractivity contribution >= 4 is 15.7 Å². The van der Waals surface area contributed by atoms with Gasteiger partial charge in [-0.05, 0) is 32.0 Å². The van der Waals surface area contributed by atoms with E-state index >= 15 is 0 Å². The molecule has 0 saturated carbocycles. The third kappa shape index (κ3) is 3.22. The van der Waals surface area contributed by atoms with Crippen molar-refractivity contribution in [1.82, 2.24) is 0 Å². The fourth-order valence-electron chi connectivity index (χ4n) is 1.46. The Morgan fingerprint density at radius 2 is 2.00 bits per heavy atom. The number of ether oxygens (including phenoxy) is 1. The van der Waals surface area contributed by atoms with E-state index in [1.54, 1.807) is 0 Å². The van der Waals surface area contributed by atoms with Gasteiger partial charge in [-0.1, -0.05) is 6.92 Å². The standard InChI is InChI=1S/C12H17NO4S/c1-4-18(15,16)11-7-9(17-8(2)3)5-6-10(11)12(13)14/h5-8H,4H2,1-3H3,(H2,13,14). The zero-order valence-corrected chi connectivity index (χ0v) is 11.5. The molecule has 0 radical (unpaired) electrons. The molecule has 0 aliphatic carbocycles. The summed E-state index contributed by atoms with van der Waals surface area (Å²) in [5, 5.41) is 0. The topological polar surface area (TPSA) is 86.5 Å². The van der Waals surface area contributed by atoms with E-state index in [9.17, 15) is 13.2 Å². The van der Waals surface area contributed by atoms with Crippen LogP contribution < -0.4 is 10.5 Å². The van der Waals surface area contributed by atoms with Gasteiger partial charge in [-0.15, -0.1) is 0 Å². The number of carbonyl (C=O) groups excluding carboxylic acids is 1. The number of carbonyl (C=O) groups is 1. The second-order valence-electron chi connectivity index (χ2n) is 4.09. The number of hydrogen-bond acceptors (Lipinski definition) is 4. The minimum absolute atomic E-state index is 0.00652. The van der Waals surface area contributed by atoms with Gasteiger partial charge in [0.25, 0.3) is 0 Å². The fourth-order valence-corrected chi connectivity index (χ4v) is 2.57. The summed E-state index contributed by atoms with van der Waals surface area (Å²) in [7, 11) is -3.51. The van der Waals surface area contributed by atoms with Gasteiger partial charge in [0.05, 0.1) is 22.3 Å². The maximum Gasteiger partial charge on any atom is 0.250 e. The van der Waals surface area contributed by atoms with Gasteiger partial charge in [0, 0.05) is 0 Å². The highest BCUT2D eigenvalue weighted by Gasteiger charge is 2.20. The molecule has 0 spiro atoms. The molecule has 0 aliphatic rings. The lowest BCUT2D eigenvalue weighted by atomic mass is 10.2. The minimum Gasteiger partial charge on any atom is -0.491 e. The highest BCUT2D eigenvalue weighted by molar-refractivity contribution is 7.91. The molecule has 1 amide bonds. The summed E-state index contributed by atoms with van der Waals surface area (Å²) in [5.74, 6) is -0.460. The molecule has 0 saturated heterocycles. The molecule has 1 aromatic carbocycles. The number of primary amides is 1. The van der Waals surface area contributed by atoms with Crippen molar-refractivity contribution < 1.29 is 17.9 Å². The Bertz CT molecular complexity index is 549. The number of sulfone groups is 1. The van der Waals surface area contributed by atoms with Gasteiger partial charge < -0.3 is 10.5 Å². The Labute approximate surface area is 107 Å². The molecule has 0 atom stereocenters. The first kappa shape index (κ1) is 14.5. The van der Waals surface area contributed by atoms with Crippen molar-refractivity contribution in [3.05, 3.63) is 23.8 Å². The van der Waals surface area contributed by atoms with E-state index in [-0.39, 0.29) is 22.3 Å². The van der Waals surface area contributed by atoms with Gasteiger partial charge in [-0.25, -0.2) is 8.42 Å². The van der Waals surface area contributed by atoms with Gasteiger partial charge in [-0.3, -0.25) is 4.79 Å². The monoisotopic (exact) mass is 271 g/mol. The summed E-state index contributed by atoms with van der Waals surface area (Å²) in [6.45, 7) is 5.17. The summed E-state index contributed by atoms with van der Waals surface area (Å²) in [6.07, 6.45) is -0.0818. The lowest BCUT2D eigenvalue weighted by molar-refractivity contribution is 0.0997. The molecular weight excluding hydrogens is 254 g/mol. The van der Waals surface area contributed by atoms with Crippen molar-refractivity contribution in [2.24, 2.45) is 5.73 Å². The van der Waals surface area contributed by atoms with Crippen LogP contribution in [0.25, 0.3) is 0 Å². The first-order valence-electron chi connectivity index (χ1n) is 5.61. The SMILES string of the molecule is CCS(=O)(=O)c1cc(OC(C)C)ccc1C(N)=O. The molecule has 2 N–H and O–H groups in total. The smallest absolute Gasteiger partial charge is 0.250 e.